The van der Waals surface area contributed by atoms with Crippen LogP contribution in [0.5, 0.6) is 0 Å². The molecule has 0 bridgehead atoms. The highest BCUT2D eigenvalue weighted by Crippen LogP contribution is 2.20. The van der Waals surface area contributed by atoms with Crippen LogP contribution in [0.25, 0.3) is 10.9 Å². The summed E-state index contributed by atoms with van der Waals surface area (Å²) >= 11 is 0. The van der Waals surface area contributed by atoms with E-state index in [1.54, 1.807) is 17.7 Å². The molecule has 80 valence electrons. The van der Waals surface area contributed by atoms with Crippen molar-refractivity contribution in [2.24, 2.45) is 7.05 Å². The zero-order valence-electron chi connectivity index (χ0n) is 9.53. The second kappa shape index (κ2) is 3.49. The smallest absolute Gasteiger partial charge is 0.268 e. The number of hydrogen-bond acceptors (Lipinski definition) is 2. The summed E-state index contributed by atoms with van der Waals surface area (Å²) in [5.41, 5.74) is 3.10. The largest absolute Gasteiger partial charge is 0.310 e. The first-order chi connectivity index (χ1) is 7.56. The number of nitrogens with zero attached hydrogens (tertiary/aromatic N) is 2. The fraction of sp³-hybridized carbons (Fsp3) is 0.231. The molecule has 0 fully saturated rings. The van der Waals surface area contributed by atoms with Crippen LogP contribution in [0.4, 0.5) is 0 Å². The molecular formula is C13H12N2O. The molecule has 0 saturated carbocycles. The first-order valence-corrected chi connectivity index (χ1v) is 5.06. The van der Waals surface area contributed by atoms with Gasteiger partial charge >= 0.3 is 0 Å². The average Bonchev–Trinajstić information content (AvgIpc) is 2.28. The maximum Gasteiger partial charge on any atom is 0.268 e. The van der Waals surface area contributed by atoms with Gasteiger partial charge in [0, 0.05) is 12.4 Å². The number of pyridine rings is 1. The van der Waals surface area contributed by atoms with Crippen molar-refractivity contribution in [1.29, 1.82) is 5.26 Å². The summed E-state index contributed by atoms with van der Waals surface area (Å²) in [6.07, 6.45) is 0. The van der Waals surface area contributed by atoms with Gasteiger partial charge in [0.25, 0.3) is 5.56 Å². The van der Waals surface area contributed by atoms with E-state index >= 15 is 0 Å². The predicted octanol–water partition coefficient (Wildman–Crippen LogP) is 2.03. The summed E-state index contributed by atoms with van der Waals surface area (Å²) in [4.78, 5) is 11.8. The fourth-order valence-electron chi connectivity index (χ4n) is 1.96. The molecule has 0 amide bonds. The Labute approximate surface area is 93.6 Å². The Bertz CT molecular complexity index is 675. The molecule has 0 N–H and O–H groups in total. The standard InChI is InChI=1S/C13H12N2O/c1-8-4-5-10-6-11(7-14)13(16)15(3)12(10)9(8)2/h4-6H,1-3H3. The molecule has 0 aliphatic carbocycles. The van der Waals surface area contributed by atoms with Crippen LogP contribution in [0.15, 0.2) is 23.0 Å². The highest BCUT2D eigenvalue weighted by atomic mass is 16.1. The van der Waals surface area contributed by atoms with Crippen molar-refractivity contribution in [2.75, 3.05) is 0 Å². The Morgan fingerprint density at radius 2 is 2.00 bits per heavy atom. The lowest BCUT2D eigenvalue weighted by atomic mass is 10.0. The summed E-state index contributed by atoms with van der Waals surface area (Å²) < 4.78 is 1.55. The fourth-order valence-corrected chi connectivity index (χ4v) is 1.96. The highest BCUT2D eigenvalue weighted by Gasteiger charge is 2.08. The Balaban J connectivity index is 3.07. The highest BCUT2D eigenvalue weighted by molar-refractivity contribution is 5.84. The minimum absolute atomic E-state index is 0.193. The summed E-state index contributed by atoms with van der Waals surface area (Å²) in [5, 5.41) is 9.80. The van der Waals surface area contributed by atoms with Crippen LogP contribution < -0.4 is 5.56 Å². The normalized spacial score (nSPS) is 10.4. The first kappa shape index (κ1) is 10.4. The third-order valence-electron chi connectivity index (χ3n) is 3.02. The molecule has 3 nitrogen and oxygen atoms in total. The number of nitriles is 1. The van der Waals surface area contributed by atoms with Crippen LogP contribution in [0.2, 0.25) is 0 Å². The lowest BCUT2D eigenvalue weighted by Gasteiger charge is -2.10. The molecule has 1 aromatic carbocycles. The second-order valence-corrected chi connectivity index (χ2v) is 3.98. The van der Waals surface area contributed by atoms with Crippen LogP contribution in [0, 0.1) is 25.2 Å². The van der Waals surface area contributed by atoms with Gasteiger partial charge in [-0.05, 0) is 31.0 Å². The number of aromatic nitrogens is 1. The molecule has 0 radical (unpaired) electrons. The summed E-state index contributed by atoms with van der Waals surface area (Å²) in [7, 11) is 1.71. The molecule has 0 unspecified atom stereocenters. The van der Waals surface area contributed by atoms with Gasteiger partial charge in [-0.1, -0.05) is 12.1 Å². The van der Waals surface area contributed by atoms with E-state index in [0.29, 0.717) is 0 Å². The van der Waals surface area contributed by atoms with E-state index in [2.05, 4.69) is 0 Å². The Hall–Kier alpha value is -2.08. The van der Waals surface area contributed by atoms with Gasteiger partial charge in [-0.15, -0.1) is 0 Å². The number of aryl methyl sites for hydroxylation is 3. The van der Waals surface area contributed by atoms with Crippen molar-refractivity contribution in [3.05, 3.63) is 45.2 Å². The molecule has 16 heavy (non-hydrogen) atoms. The zero-order valence-corrected chi connectivity index (χ0v) is 9.53. The molecule has 3 heteroatoms. The van der Waals surface area contributed by atoms with E-state index in [9.17, 15) is 4.79 Å². The lowest BCUT2D eigenvalue weighted by molar-refractivity contribution is 0.895. The zero-order chi connectivity index (χ0) is 11.9. The quantitative estimate of drug-likeness (QED) is 0.670. The first-order valence-electron chi connectivity index (χ1n) is 5.06. The molecule has 0 aliphatic rings. The minimum Gasteiger partial charge on any atom is -0.310 e. The van der Waals surface area contributed by atoms with Crippen molar-refractivity contribution in [3.8, 4) is 6.07 Å². The maximum atomic E-state index is 11.8. The van der Waals surface area contributed by atoms with Crippen LogP contribution in [0.1, 0.15) is 16.7 Å². The predicted molar refractivity (Wildman–Crippen MR) is 63.4 cm³/mol. The molecule has 1 aromatic heterocycles. The Morgan fingerprint density at radius 3 is 2.62 bits per heavy atom. The number of rotatable bonds is 0. The summed E-state index contributed by atoms with van der Waals surface area (Å²) in [5.74, 6) is 0. The van der Waals surface area contributed by atoms with Gasteiger partial charge in [0.05, 0.1) is 5.52 Å². The van der Waals surface area contributed by atoms with E-state index in [0.717, 1.165) is 22.0 Å². The SMILES string of the molecule is Cc1ccc2cc(C#N)c(=O)n(C)c2c1C. The van der Waals surface area contributed by atoms with Gasteiger partial charge in [0.15, 0.2) is 0 Å². The van der Waals surface area contributed by atoms with Crippen molar-refractivity contribution < 1.29 is 0 Å². The Morgan fingerprint density at radius 1 is 1.31 bits per heavy atom. The number of fused-ring (bicyclic) bond motifs is 1. The van der Waals surface area contributed by atoms with Crippen LogP contribution in [0.3, 0.4) is 0 Å². The molecule has 1 heterocycles. The maximum absolute atomic E-state index is 11.8. The van der Waals surface area contributed by atoms with Gasteiger partial charge < -0.3 is 4.57 Å². The van der Waals surface area contributed by atoms with E-state index in [-0.39, 0.29) is 11.1 Å². The second-order valence-electron chi connectivity index (χ2n) is 3.98. The van der Waals surface area contributed by atoms with Gasteiger partial charge in [0.1, 0.15) is 11.6 Å². The molecule has 2 aromatic rings. The number of hydrogen-bond donors (Lipinski definition) is 0. The third-order valence-corrected chi connectivity index (χ3v) is 3.02. The van der Waals surface area contributed by atoms with Gasteiger partial charge in [-0.25, -0.2) is 0 Å². The van der Waals surface area contributed by atoms with Gasteiger partial charge in [-0.2, -0.15) is 5.26 Å². The van der Waals surface area contributed by atoms with E-state index in [4.69, 9.17) is 5.26 Å². The lowest BCUT2D eigenvalue weighted by Crippen LogP contribution is -2.20. The molecule has 0 aliphatic heterocycles. The van der Waals surface area contributed by atoms with Crippen molar-refractivity contribution >= 4 is 10.9 Å². The molecule has 2 rings (SSSR count). The van der Waals surface area contributed by atoms with E-state index in [1.807, 2.05) is 32.0 Å². The summed E-state index contributed by atoms with van der Waals surface area (Å²) in [6.45, 7) is 4.00. The van der Waals surface area contributed by atoms with Crippen molar-refractivity contribution in [3.63, 3.8) is 0 Å². The monoisotopic (exact) mass is 212 g/mol. The summed E-state index contributed by atoms with van der Waals surface area (Å²) in [6, 6.07) is 7.53. The van der Waals surface area contributed by atoms with Crippen LogP contribution >= 0.6 is 0 Å². The minimum atomic E-state index is -0.233. The third kappa shape index (κ3) is 1.31. The Kier molecular flexibility index (Phi) is 2.28. The molecule has 0 saturated heterocycles. The van der Waals surface area contributed by atoms with Crippen molar-refractivity contribution in [1.82, 2.24) is 4.57 Å². The number of benzene rings is 1. The van der Waals surface area contributed by atoms with Gasteiger partial charge in [-0.3, -0.25) is 4.79 Å². The molecular weight excluding hydrogens is 200 g/mol. The average molecular weight is 212 g/mol. The van der Waals surface area contributed by atoms with Gasteiger partial charge in [0.2, 0.25) is 0 Å². The van der Waals surface area contributed by atoms with Crippen LogP contribution in [-0.4, -0.2) is 4.57 Å². The van der Waals surface area contributed by atoms with E-state index < -0.39 is 0 Å². The molecule has 0 atom stereocenters. The van der Waals surface area contributed by atoms with Crippen molar-refractivity contribution in [2.45, 2.75) is 13.8 Å². The topological polar surface area (TPSA) is 45.8 Å². The van der Waals surface area contributed by atoms with E-state index in [1.165, 1.54) is 0 Å². The molecule has 0 spiro atoms. The van der Waals surface area contributed by atoms with Crippen LogP contribution in [-0.2, 0) is 7.05 Å².